The molecule has 0 saturated carbocycles. The molecule has 0 fully saturated rings. The molecule has 0 atom stereocenters. The van der Waals surface area contributed by atoms with Gasteiger partial charge in [-0.25, -0.2) is 0 Å². The van der Waals surface area contributed by atoms with Crippen LogP contribution in [0.4, 0.5) is 0 Å². The van der Waals surface area contributed by atoms with Gasteiger partial charge >= 0.3 is 0 Å². The molecule has 3 heteroatoms. The molecule has 37 heavy (non-hydrogen) atoms. The number of hydrogen-bond donors (Lipinski definition) is 0. The van der Waals surface area contributed by atoms with Crippen molar-refractivity contribution in [1.82, 2.24) is 4.57 Å². The van der Waals surface area contributed by atoms with Crippen molar-refractivity contribution in [2.24, 2.45) is 0 Å². The van der Waals surface area contributed by atoms with Crippen molar-refractivity contribution < 1.29 is 0 Å². The van der Waals surface area contributed by atoms with Crippen molar-refractivity contribution >= 4 is 109 Å². The summed E-state index contributed by atoms with van der Waals surface area (Å²) in [6.45, 7) is 4.28. The van der Waals surface area contributed by atoms with E-state index < -0.39 is 0 Å². The first-order chi connectivity index (χ1) is 18.2. The highest BCUT2D eigenvalue weighted by Gasteiger charge is 2.21. The van der Waals surface area contributed by atoms with Gasteiger partial charge in [0.2, 0.25) is 0 Å². The fourth-order valence-corrected chi connectivity index (χ4v) is 7.62. The molecule has 0 spiro atoms. The molecule has 9 aromatic rings. The van der Waals surface area contributed by atoms with Crippen LogP contribution in [0.2, 0.25) is 0 Å². The van der Waals surface area contributed by atoms with E-state index in [0.29, 0.717) is 5.45 Å². The fraction of sp³-hybridized carbons (Fsp3) is 0.0294. The van der Waals surface area contributed by atoms with Crippen molar-refractivity contribution in [3.63, 3.8) is 0 Å². The molecule has 0 amide bonds. The number of hydrogen-bond acceptors (Lipinski definition) is 1. The van der Waals surface area contributed by atoms with E-state index >= 15 is 0 Å². The zero-order valence-corrected chi connectivity index (χ0v) is 21.3. The molecule has 1 aromatic heterocycles. The first kappa shape index (κ1) is 19.9. The minimum atomic E-state index is -0.00109. The van der Waals surface area contributed by atoms with Crippen LogP contribution in [-0.4, -0.2) is 4.57 Å². The van der Waals surface area contributed by atoms with Crippen LogP contribution in [-0.2, 0) is 5.45 Å². The molecule has 9 rings (SSSR count). The third-order valence-corrected chi connectivity index (χ3v) is 9.12. The van der Waals surface area contributed by atoms with E-state index in [2.05, 4.69) is 101 Å². The maximum atomic E-state index is 13.4. The van der Waals surface area contributed by atoms with Gasteiger partial charge in [-0.05, 0) is 76.1 Å². The molecule has 8 aromatic carbocycles. The highest BCUT2D eigenvalue weighted by atomic mass is 79.9. The monoisotopic (exact) mass is 535 g/mol. The van der Waals surface area contributed by atoms with Crippen LogP contribution in [0, 0.1) is 0 Å². The second-order valence-corrected chi connectivity index (χ2v) is 10.7. The fourth-order valence-electron chi connectivity index (χ4n) is 7.09. The smallest absolute Gasteiger partial charge is 0.259 e. The van der Waals surface area contributed by atoms with Crippen LogP contribution in [0.3, 0.4) is 0 Å². The molecular weight excluding hydrogens is 518 g/mol. The van der Waals surface area contributed by atoms with Crippen molar-refractivity contribution in [2.75, 3.05) is 0 Å². The highest BCUT2D eigenvalue weighted by Crippen LogP contribution is 2.47. The predicted octanol–water partition coefficient (Wildman–Crippen LogP) is 8.43. The predicted molar refractivity (Wildman–Crippen MR) is 163 cm³/mol. The van der Waals surface area contributed by atoms with Crippen molar-refractivity contribution in [3.8, 4) is 0 Å². The van der Waals surface area contributed by atoms with Crippen LogP contribution in [0.15, 0.2) is 89.7 Å². The minimum Gasteiger partial charge on any atom is -0.298 e. The zero-order valence-electron chi connectivity index (χ0n) is 19.7. The molecule has 0 N–H and O–H groups in total. The molecule has 0 aliphatic carbocycles. The molecule has 172 valence electrons. The van der Waals surface area contributed by atoms with Crippen LogP contribution in [0.1, 0.15) is 0 Å². The lowest BCUT2D eigenvalue weighted by molar-refractivity contribution is 0.838. The number of rotatable bonds is 1. The third kappa shape index (κ3) is 2.18. The molecular formula is C34H18BrNO. The average molecular weight is 536 g/mol. The largest absolute Gasteiger partial charge is 0.298 e. The van der Waals surface area contributed by atoms with E-state index in [1.165, 1.54) is 64.6 Å². The Hall–Kier alpha value is -4.21. The lowest BCUT2D eigenvalue weighted by Crippen LogP contribution is -2.31. The van der Waals surface area contributed by atoms with Crippen molar-refractivity contribution in [3.05, 3.63) is 101 Å². The lowest BCUT2D eigenvalue weighted by atomic mass is 9.83. The topological polar surface area (TPSA) is 22.0 Å². The molecule has 1 heterocycles. The second kappa shape index (κ2) is 6.56. The summed E-state index contributed by atoms with van der Waals surface area (Å²) in [5.41, 5.74) is 0.427. The van der Waals surface area contributed by atoms with Gasteiger partial charge in [0, 0.05) is 21.5 Å². The molecule has 0 aliphatic heterocycles. The van der Waals surface area contributed by atoms with Gasteiger partial charge in [-0.1, -0.05) is 101 Å². The zero-order chi connectivity index (χ0) is 24.6. The van der Waals surface area contributed by atoms with Crippen molar-refractivity contribution in [2.45, 2.75) is 5.45 Å². The molecule has 0 radical (unpaired) electrons. The number of nitrogens with zero attached hydrogens (tertiary/aromatic N) is 1. The van der Waals surface area contributed by atoms with E-state index in [0.717, 1.165) is 26.9 Å². The van der Waals surface area contributed by atoms with Gasteiger partial charge in [-0.2, -0.15) is 0 Å². The Morgan fingerprint density at radius 2 is 0.892 bits per heavy atom. The highest BCUT2D eigenvalue weighted by molar-refractivity contribution is 9.08. The van der Waals surface area contributed by atoms with E-state index in [1.807, 2.05) is 6.07 Å². The second-order valence-electron chi connectivity index (χ2n) is 10.2. The Morgan fingerprint density at radius 3 is 1.35 bits per heavy atom. The van der Waals surface area contributed by atoms with Gasteiger partial charge < -0.3 is 0 Å². The SMILES string of the molecule is C=c1c2ccc3c4ccc5c6cccc7cccc(c8ccc(c9ccc(c(=O)n1CBr)c2c39)c4c58)c76. The Morgan fingerprint density at radius 1 is 0.514 bits per heavy atom. The van der Waals surface area contributed by atoms with E-state index in [1.54, 1.807) is 4.57 Å². The Labute approximate surface area is 218 Å². The lowest BCUT2D eigenvalue weighted by Gasteiger charge is -2.20. The van der Waals surface area contributed by atoms with Crippen LogP contribution in [0.5, 0.6) is 0 Å². The van der Waals surface area contributed by atoms with Crippen LogP contribution < -0.4 is 10.9 Å². The van der Waals surface area contributed by atoms with E-state index in [9.17, 15) is 4.79 Å². The number of halogens is 1. The Kier molecular flexibility index (Phi) is 3.53. The number of pyridine rings is 1. The quantitative estimate of drug-likeness (QED) is 0.117. The summed E-state index contributed by atoms with van der Waals surface area (Å²) >= 11 is 3.48. The van der Waals surface area contributed by atoms with Gasteiger partial charge in [0.05, 0.1) is 5.45 Å². The standard InChI is InChI=1S/C34H18BrNO/c1-17-19-8-9-24-25-12-10-22-20-6-2-4-18-5-3-7-21(29(18)20)23-11-13-26(33(25)32(22)23)27-14-15-28(30(19)31(24)27)34(37)36(17)16-35/h2-15H,1,16H2. The van der Waals surface area contributed by atoms with E-state index in [-0.39, 0.29) is 5.56 Å². The third-order valence-electron chi connectivity index (χ3n) is 8.62. The normalized spacial score (nSPS) is 12.8. The van der Waals surface area contributed by atoms with Gasteiger partial charge in [0.15, 0.2) is 0 Å². The molecule has 0 bridgehead atoms. The Balaban J connectivity index is 1.62. The summed E-state index contributed by atoms with van der Waals surface area (Å²) in [5, 5.41) is 20.0. The minimum absolute atomic E-state index is 0.00109. The first-order valence-corrected chi connectivity index (χ1v) is 13.6. The molecule has 2 nitrogen and oxygen atoms in total. The molecule has 0 unspecified atom stereocenters. The number of aromatic nitrogens is 1. The van der Waals surface area contributed by atoms with E-state index in [4.69, 9.17) is 0 Å². The number of benzene rings is 8. The van der Waals surface area contributed by atoms with Crippen molar-refractivity contribution in [1.29, 1.82) is 0 Å². The van der Waals surface area contributed by atoms with Gasteiger partial charge in [0.1, 0.15) is 0 Å². The average Bonchev–Trinajstić information content (AvgIpc) is 2.94. The van der Waals surface area contributed by atoms with Gasteiger partial charge in [0.25, 0.3) is 5.56 Å². The number of alkyl halides is 1. The summed E-state index contributed by atoms with van der Waals surface area (Å²) in [4.78, 5) is 13.4. The number of fused-ring (bicyclic) bond motifs is 4. The molecule has 0 aliphatic rings. The van der Waals surface area contributed by atoms with Gasteiger partial charge in [-0.15, -0.1) is 0 Å². The maximum absolute atomic E-state index is 13.4. The summed E-state index contributed by atoms with van der Waals surface area (Å²) in [6, 6.07) is 31.0. The van der Waals surface area contributed by atoms with Crippen LogP contribution >= 0.6 is 15.9 Å². The Bertz CT molecular complexity index is 2380. The maximum Gasteiger partial charge on any atom is 0.259 e. The summed E-state index contributed by atoms with van der Waals surface area (Å²) in [7, 11) is 0. The van der Waals surface area contributed by atoms with Crippen LogP contribution in [0.25, 0.3) is 92.8 Å². The van der Waals surface area contributed by atoms with Gasteiger partial charge in [-0.3, -0.25) is 9.36 Å². The first-order valence-electron chi connectivity index (χ1n) is 12.5. The summed E-state index contributed by atoms with van der Waals surface area (Å²) in [5.74, 6) is 0. The summed E-state index contributed by atoms with van der Waals surface area (Å²) < 4.78 is 1.71. The summed E-state index contributed by atoms with van der Waals surface area (Å²) in [6.07, 6.45) is 0. The molecule has 0 saturated heterocycles.